The molecule has 26 heavy (non-hydrogen) atoms. The molecule has 2 aromatic carbocycles. The van der Waals surface area contributed by atoms with Gasteiger partial charge in [0.2, 0.25) is 5.91 Å². The molecule has 0 spiro atoms. The van der Waals surface area contributed by atoms with Crippen molar-refractivity contribution in [3.05, 3.63) is 75.7 Å². The van der Waals surface area contributed by atoms with Crippen LogP contribution in [0.25, 0.3) is 16.6 Å². The van der Waals surface area contributed by atoms with Crippen molar-refractivity contribution >= 4 is 39.7 Å². The fraction of sp³-hybridized carbons (Fsp3) is 0.105. The van der Waals surface area contributed by atoms with Crippen LogP contribution in [0.1, 0.15) is 5.69 Å². The molecule has 130 valence electrons. The Balaban J connectivity index is 1.79. The van der Waals surface area contributed by atoms with Crippen LogP contribution >= 0.6 is 11.6 Å². The van der Waals surface area contributed by atoms with Crippen molar-refractivity contribution in [1.82, 2.24) is 14.2 Å². The number of hydrogen-bond acceptors (Lipinski definition) is 3. The van der Waals surface area contributed by atoms with E-state index in [4.69, 9.17) is 11.6 Å². The fourth-order valence-corrected chi connectivity index (χ4v) is 3.20. The van der Waals surface area contributed by atoms with Crippen LogP contribution in [0.2, 0.25) is 5.02 Å². The second-order valence-electron chi connectivity index (χ2n) is 6.02. The van der Waals surface area contributed by atoms with Gasteiger partial charge in [-0.05, 0) is 37.3 Å². The molecule has 4 aromatic rings. The highest BCUT2D eigenvalue weighted by Crippen LogP contribution is 2.16. The first-order valence-electron chi connectivity index (χ1n) is 8.06. The van der Waals surface area contributed by atoms with Gasteiger partial charge in [-0.15, -0.1) is 0 Å². The van der Waals surface area contributed by atoms with E-state index in [0.29, 0.717) is 27.3 Å². The Labute approximate surface area is 153 Å². The van der Waals surface area contributed by atoms with E-state index < -0.39 is 0 Å². The molecule has 7 heteroatoms. The molecule has 0 bridgehead atoms. The van der Waals surface area contributed by atoms with Crippen LogP contribution < -0.4 is 10.9 Å². The third kappa shape index (κ3) is 2.84. The summed E-state index contributed by atoms with van der Waals surface area (Å²) in [6, 6.07) is 15.9. The maximum absolute atomic E-state index is 12.9. The number of para-hydroxylation sites is 1. The lowest BCUT2D eigenvalue weighted by Crippen LogP contribution is -2.29. The van der Waals surface area contributed by atoms with Crippen LogP contribution in [0, 0.1) is 6.92 Å². The number of fused-ring (bicyclic) bond motifs is 3. The standard InChI is InChI=1S/C19H15ClN4O2/c1-12-9-18-23(11-17(25)21-14-6-4-5-13(20)10-14)19(26)15-7-2-3-8-16(15)24(18)22-12/h2-10H,11H2,1H3,(H,21,25). The molecule has 0 saturated heterocycles. The minimum absolute atomic E-state index is 0.120. The molecular weight excluding hydrogens is 352 g/mol. The van der Waals surface area contributed by atoms with E-state index in [1.165, 1.54) is 4.57 Å². The highest BCUT2D eigenvalue weighted by atomic mass is 35.5. The summed E-state index contributed by atoms with van der Waals surface area (Å²) < 4.78 is 3.13. The van der Waals surface area contributed by atoms with E-state index in [0.717, 1.165) is 5.69 Å². The molecule has 2 aromatic heterocycles. The predicted octanol–water partition coefficient (Wildman–Crippen LogP) is 3.25. The number of hydrogen-bond donors (Lipinski definition) is 1. The van der Waals surface area contributed by atoms with Gasteiger partial charge in [0, 0.05) is 16.8 Å². The summed E-state index contributed by atoms with van der Waals surface area (Å²) in [4.78, 5) is 25.4. The van der Waals surface area contributed by atoms with Crippen molar-refractivity contribution < 1.29 is 4.79 Å². The second-order valence-corrected chi connectivity index (χ2v) is 6.46. The number of carbonyl (C=O) groups excluding carboxylic acids is 1. The summed E-state index contributed by atoms with van der Waals surface area (Å²) in [5.41, 5.74) is 2.41. The Bertz CT molecular complexity index is 1210. The number of carbonyl (C=O) groups is 1. The Kier molecular flexibility index (Phi) is 3.97. The molecule has 0 radical (unpaired) electrons. The van der Waals surface area contributed by atoms with Crippen molar-refractivity contribution in [1.29, 1.82) is 0 Å². The lowest BCUT2D eigenvalue weighted by atomic mass is 10.2. The van der Waals surface area contributed by atoms with Gasteiger partial charge in [-0.3, -0.25) is 14.2 Å². The average Bonchev–Trinajstić information content (AvgIpc) is 3.00. The summed E-state index contributed by atoms with van der Waals surface area (Å²) in [7, 11) is 0. The molecule has 6 nitrogen and oxygen atoms in total. The number of aryl methyl sites for hydroxylation is 1. The normalized spacial score (nSPS) is 11.2. The Morgan fingerprint density at radius 3 is 2.77 bits per heavy atom. The zero-order chi connectivity index (χ0) is 18.3. The van der Waals surface area contributed by atoms with Crippen LogP contribution in [-0.2, 0) is 11.3 Å². The molecule has 1 N–H and O–H groups in total. The molecule has 4 rings (SSSR count). The molecule has 0 saturated carbocycles. The first-order chi connectivity index (χ1) is 12.5. The third-order valence-corrected chi connectivity index (χ3v) is 4.34. The third-order valence-electron chi connectivity index (χ3n) is 4.11. The molecule has 0 aliphatic heterocycles. The largest absolute Gasteiger partial charge is 0.324 e. The summed E-state index contributed by atoms with van der Waals surface area (Å²) in [6.07, 6.45) is 0. The smallest absolute Gasteiger partial charge is 0.262 e. The number of nitrogens with zero attached hydrogens (tertiary/aromatic N) is 3. The maximum Gasteiger partial charge on any atom is 0.262 e. The number of nitrogens with one attached hydrogen (secondary N) is 1. The molecule has 0 aliphatic rings. The Morgan fingerprint density at radius 2 is 1.96 bits per heavy atom. The van der Waals surface area contributed by atoms with Gasteiger partial charge in [0.25, 0.3) is 5.56 Å². The molecule has 2 heterocycles. The van der Waals surface area contributed by atoms with Gasteiger partial charge >= 0.3 is 0 Å². The monoisotopic (exact) mass is 366 g/mol. The lowest BCUT2D eigenvalue weighted by Gasteiger charge is -2.11. The van der Waals surface area contributed by atoms with Gasteiger partial charge in [0.15, 0.2) is 0 Å². The molecule has 1 amide bonds. The number of amides is 1. The topological polar surface area (TPSA) is 68.4 Å². The SMILES string of the molecule is Cc1cc2n(CC(=O)Nc3cccc(Cl)c3)c(=O)c3ccccc3n2n1. The second kappa shape index (κ2) is 6.31. The maximum atomic E-state index is 12.9. The number of rotatable bonds is 3. The quantitative estimate of drug-likeness (QED) is 0.605. The van der Waals surface area contributed by atoms with Crippen molar-refractivity contribution in [3.63, 3.8) is 0 Å². The Hall–Kier alpha value is -3.12. The van der Waals surface area contributed by atoms with Crippen LogP contribution in [0.3, 0.4) is 0 Å². The van der Waals surface area contributed by atoms with E-state index in [2.05, 4.69) is 10.4 Å². The van der Waals surface area contributed by atoms with Crippen LogP contribution in [0.5, 0.6) is 0 Å². The first kappa shape index (κ1) is 16.4. The van der Waals surface area contributed by atoms with Crippen LogP contribution in [0.15, 0.2) is 59.4 Å². The van der Waals surface area contributed by atoms with E-state index in [-0.39, 0.29) is 18.0 Å². The average molecular weight is 367 g/mol. The molecule has 0 aliphatic carbocycles. The van der Waals surface area contributed by atoms with Crippen molar-refractivity contribution in [3.8, 4) is 0 Å². The van der Waals surface area contributed by atoms with Crippen molar-refractivity contribution in [2.75, 3.05) is 5.32 Å². The molecule has 0 unspecified atom stereocenters. The van der Waals surface area contributed by atoms with Gasteiger partial charge in [-0.1, -0.05) is 29.8 Å². The number of anilines is 1. The summed E-state index contributed by atoms with van der Waals surface area (Å²) in [6.45, 7) is 1.73. The van der Waals surface area contributed by atoms with Gasteiger partial charge in [0.05, 0.1) is 16.6 Å². The van der Waals surface area contributed by atoms with Gasteiger partial charge in [0.1, 0.15) is 12.2 Å². The Morgan fingerprint density at radius 1 is 1.15 bits per heavy atom. The summed E-state index contributed by atoms with van der Waals surface area (Å²) >= 11 is 5.94. The first-order valence-corrected chi connectivity index (χ1v) is 8.44. The lowest BCUT2D eigenvalue weighted by molar-refractivity contribution is -0.116. The zero-order valence-electron chi connectivity index (χ0n) is 13.9. The zero-order valence-corrected chi connectivity index (χ0v) is 14.7. The minimum Gasteiger partial charge on any atom is -0.324 e. The molecular formula is C19H15ClN4O2. The number of aromatic nitrogens is 3. The van der Waals surface area contributed by atoms with Gasteiger partial charge in [-0.25, -0.2) is 4.52 Å². The van der Waals surface area contributed by atoms with E-state index in [1.807, 2.05) is 19.1 Å². The number of benzene rings is 2. The highest BCUT2D eigenvalue weighted by Gasteiger charge is 2.15. The van der Waals surface area contributed by atoms with Crippen molar-refractivity contribution in [2.24, 2.45) is 0 Å². The van der Waals surface area contributed by atoms with Gasteiger partial charge in [-0.2, -0.15) is 5.10 Å². The van der Waals surface area contributed by atoms with Crippen molar-refractivity contribution in [2.45, 2.75) is 13.5 Å². The summed E-state index contributed by atoms with van der Waals surface area (Å²) in [5.74, 6) is -0.314. The highest BCUT2D eigenvalue weighted by molar-refractivity contribution is 6.30. The fourth-order valence-electron chi connectivity index (χ4n) is 3.01. The van der Waals surface area contributed by atoms with Crippen LogP contribution in [0.4, 0.5) is 5.69 Å². The number of halogens is 1. The summed E-state index contributed by atoms with van der Waals surface area (Å²) in [5, 5.41) is 8.26. The van der Waals surface area contributed by atoms with Crippen LogP contribution in [-0.4, -0.2) is 20.1 Å². The molecule has 0 atom stereocenters. The van der Waals surface area contributed by atoms with Gasteiger partial charge < -0.3 is 5.32 Å². The van der Waals surface area contributed by atoms with E-state index in [1.54, 1.807) is 47.0 Å². The van der Waals surface area contributed by atoms with E-state index in [9.17, 15) is 9.59 Å². The minimum atomic E-state index is -0.314. The molecule has 0 fully saturated rings. The van der Waals surface area contributed by atoms with E-state index >= 15 is 0 Å². The predicted molar refractivity (Wildman–Crippen MR) is 102 cm³/mol.